The van der Waals surface area contributed by atoms with Crippen molar-refractivity contribution in [2.75, 3.05) is 25.5 Å². The molecule has 0 saturated carbocycles. The van der Waals surface area contributed by atoms with Crippen molar-refractivity contribution in [2.45, 2.75) is 12.7 Å². The summed E-state index contributed by atoms with van der Waals surface area (Å²) in [7, 11) is 4.74. The van der Waals surface area contributed by atoms with E-state index < -0.39 is 17.7 Å². The second kappa shape index (κ2) is 6.99. The zero-order chi connectivity index (χ0) is 18.8. The number of nitrogens with zero attached hydrogens (tertiary/aromatic N) is 4. The summed E-state index contributed by atoms with van der Waals surface area (Å²) in [6.07, 6.45) is -4.71. The summed E-state index contributed by atoms with van der Waals surface area (Å²) in [4.78, 5) is 25.6. The molecule has 0 aliphatic rings. The lowest BCUT2D eigenvalue weighted by molar-refractivity contribution is -0.147. The number of hydrogen-bond acceptors (Lipinski definition) is 4. The van der Waals surface area contributed by atoms with Crippen LogP contribution in [0.5, 0.6) is 0 Å². The monoisotopic (exact) mass is 357 g/mol. The minimum Gasteiger partial charge on any atom is -0.378 e. The molecule has 1 amide bonds. The Labute approximate surface area is 141 Å². The largest absolute Gasteiger partial charge is 0.451 e. The zero-order valence-electron chi connectivity index (χ0n) is 14.0. The number of amides is 1. The highest BCUT2D eigenvalue weighted by Crippen LogP contribution is 2.25. The molecule has 0 saturated heterocycles. The lowest BCUT2D eigenvalue weighted by Gasteiger charge is -2.12. The van der Waals surface area contributed by atoms with Crippen molar-refractivity contribution >= 4 is 11.6 Å². The highest BCUT2D eigenvalue weighted by atomic mass is 19.4. The molecule has 0 unspecified atom stereocenters. The summed E-state index contributed by atoms with van der Waals surface area (Å²) < 4.78 is 39.2. The molecule has 0 fully saturated rings. The van der Waals surface area contributed by atoms with Crippen LogP contribution in [0.25, 0.3) is 0 Å². The molecule has 2 aromatic rings. The van der Waals surface area contributed by atoms with E-state index in [4.69, 9.17) is 0 Å². The Hall–Kier alpha value is -2.78. The van der Waals surface area contributed by atoms with Crippen LogP contribution in [0.15, 0.2) is 29.1 Å². The first-order valence-electron chi connectivity index (χ1n) is 7.38. The second-order valence-corrected chi connectivity index (χ2v) is 5.58. The van der Waals surface area contributed by atoms with Gasteiger partial charge in [0.1, 0.15) is 0 Å². The number of alkyl halides is 3. The van der Waals surface area contributed by atoms with Gasteiger partial charge in [-0.15, -0.1) is 5.10 Å². The molecule has 0 spiro atoms. The van der Waals surface area contributed by atoms with Crippen molar-refractivity contribution in [3.05, 3.63) is 46.1 Å². The Kier molecular flexibility index (Phi) is 5.19. The number of nitrogens with one attached hydrogen (secondary N) is 1. The minimum absolute atomic E-state index is 0.0253. The van der Waals surface area contributed by atoms with Gasteiger partial charge >= 0.3 is 11.9 Å². The topological polar surface area (TPSA) is 72.2 Å². The summed E-state index contributed by atoms with van der Waals surface area (Å²) in [5.41, 5.74) is 0.447. The molecule has 1 aromatic carbocycles. The first-order chi connectivity index (χ1) is 11.6. The van der Waals surface area contributed by atoms with Crippen LogP contribution in [-0.2, 0) is 19.8 Å². The van der Waals surface area contributed by atoms with E-state index >= 15 is 0 Å². The van der Waals surface area contributed by atoms with Crippen LogP contribution in [0.3, 0.4) is 0 Å². The molecule has 0 bridgehead atoms. The van der Waals surface area contributed by atoms with E-state index in [1.54, 1.807) is 24.3 Å². The average Bonchev–Trinajstić information content (AvgIpc) is 2.83. The molecular formula is C15H18F3N5O2. The van der Waals surface area contributed by atoms with Crippen molar-refractivity contribution in [3.8, 4) is 0 Å². The smallest absolute Gasteiger partial charge is 0.378 e. The summed E-state index contributed by atoms with van der Waals surface area (Å²) in [5.74, 6) is -1.66. The molecular weight excluding hydrogens is 339 g/mol. The first kappa shape index (κ1) is 18.6. The van der Waals surface area contributed by atoms with Gasteiger partial charge in [-0.3, -0.25) is 9.36 Å². The molecule has 0 atom stereocenters. The fourth-order valence-corrected chi connectivity index (χ4v) is 2.17. The summed E-state index contributed by atoms with van der Waals surface area (Å²) in [6, 6.07) is 6.82. The summed E-state index contributed by atoms with van der Waals surface area (Å²) in [5, 5.41) is 5.81. The predicted molar refractivity (Wildman–Crippen MR) is 85.6 cm³/mol. The van der Waals surface area contributed by atoms with Gasteiger partial charge in [0.15, 0.2) is 0 Å². The van der Waals surface area contributed by atoms with Gasteiger partial charge in [0.2, 0.25) is 5.82 Å². The van der Waals surface area contributed by atoms with Gasteiger partial charge < -0.3 is 10.2 Å². The third kappa shape index (κ3) is 4.20. The van der Waals surface area contributed by atoms with Crippen molar-refractivity contribution in [3.63, 3.8) is 0 Å². The highest BCUT2D eigenvalue weighted by Gasteiger charge is 2.37. The third-order valence-corrected chi connectivity index (χ3v) is 3.55. The third-order valence-electron chi connectivity index (χ3n) is 3.55. The molecule has 1 N–H and O–H groups in total. The van der Waals surface area contributed by atoms with Crippen LogP contribution in [-0.4, -0.2) is 40.9 Å². The van der Waals surface area contributed by atoms with E-state index in [2.05, 4.69) is 10.4 Å². The molecule has 1 aromatic heterocycles. The van der Waals surface area contributed by atoms with Gasteiger partial charge in [0.05, 0.1) is 6.54 Å². The molecule has 0 aliphatic heterocycles. The Morgan fingerprint density at radius 1 is 1.24 bits per heavy atom. The number of hydrogen-bond donors (Lipinski definition) is 1. The van der Waals surface area contributed by atoms with Crippen molar-refractivity contribution in [1.82, 2.24) is 19.7 Å². The Bertz CT molecular complexity index is 806. The molecule has 25 heavy (non-hydrogen) atoms. The molecule has 136 valence electrons. The maximum atomic E-state index is 12.7. The molecule has 0 radical (unpaired) electrons. The minimum atomic E-state index is -4.71. The van der Waals surface area contributed by atoms with Gasteiger partial charge in [-0.1, -0.05) is 0 Å². The first-order valence-corrected chi connectivity index (χ1v) is 7.38. The lowest BCUT2D eigenvalue weighted by Crippen LogP contribution is -2.31. The molecule has 0 aliphatic carbocycles. The number of aromatic nitrogens is 3. The van der Waals surface area contributed by atoms with Gasteiger partial charge in [0.25, 0.3) is 5.91 Å². The Morgan fingerprint density at radius 2 is 1.84 bits per heavy atom. The quantitative estimate of drug-likeness (QED) is 0.870. The fourth-order valence-electron chi connectivity index (χ4n) is 2.17. The van der Waals surface area contributed by atoms with Crippen molar-refractivity contribution < 1.29 is 18.0 Å². The molecule has 7 nitrogen and oxygen atoms in total. The maximum absolute atomic E-state index is 12.7. The number of carbonyl (C=O) groups is 1. The number of rotatable bonds is 5. The molecule has 10 heteroatoms. The normalized spacial score (nSPS) is 11.4. The van der Waals surface area contributed by atoms with Crippen LogP contribution in [0.4, 0.5) is 18.9 Å². The zero-order valence-corrected chi connectivity index (χ0v) is 14.0. The maximum Gasteiger partial charge on any atom is 0.451 e. The van der Waals surface area contributed by atoms with E-state index in [9.17, 15) is 22.8 Å². The van der Waals surface area contributed by atoms with Crippen LogP contribution >= 0.6 is 0 Å². The predicted octanol–water partition coefficient (Wildman–Crippen LogP) is 1.10. The number of carbonyl (C=O) groups excluding carboxylic acids is 1. The average molecular weight is 357 g/mol. The second-order valence-electron chi connectivity index (χ2n) is 5.58. The number of halogens is 3. The molecule has 2 rings (SSSR count). The summed E-state index contributed by atoms with van der Waals surface area (Å²) >= 11 is 0. The van der Waals surface area contributed by atoms with E-state index in [1.807, 2.05) is 19.0 Å². The van der Waals surface area contributed by atoms with E-state index in [-0.39, 0.29) is 19.0 Å². The van der Waals surface area contributed by atoms with E-state index in [0.29, 0.717) is 14.8 Å². The Morgan fingerprint density at radius 3 is 2.32 bits per heavy atom. The number of benzene rings is 1. The van der Waals surface area contributed by atoms with Crippen LogP contribution in [0.1, 0.15) is 16.2 Å². The van der Waals surface area contributed by atoms with Crippen molar-refractivity contribution in [1.29, 1.82) is 0 Å². The van der Waals surface area contributed by atoms with Gasteiger partial charge in [-0.05, 0) is 24.3 Å². The SMILES string of the molecule is CN(C)c1ccc(C(=O)NCCn2nc(C(F)(F)F)n(C)c2=O)cc1. The van der Waals surface area contributed by atoms with Crippen LogP contribution < -0.4 is 15.9 Å². The van der Waals surface area contributed by atoms with E-state index in [0.717, 1.165) is 12.7 Å². The van der Waals surface area contributed by atoms with Gasteiger partial charge in [0, 0.05) is 38.9 Å². The van der Waals surface area contributed by atoms with Crippen molar-refractivity contribution in [2.24, 2.45) is 7.05 Å². The number of anilines is 1. The summed E-state index contributed by atoms with van der Waals surface area (Å²) in [6.45, 7) is -0.188. The van der Waals surface area contributed by atoms with Gasteiger partial charge in [-0.2, -0.15) is 13.2 Å². The lowest BCUT2D eigenvalue weighted by atomic mass is 10.2. The van der Waals surface area contributed by atoms with Gasteiger partial charge in [-0.25, -0.2) is 9.48 Å². The molecule has 1 heterocycles. The van der Waals surface area contributed by atoms with Crippen LogP contribution in [0.2, 0.25) is 0 Å². The van der Waals surface area contributed by atoms with Crippen LogP contribution in [0, 0.1) is 0 Å². The highest BCUT2D eigenvalue weighted by molar-refractivity contribution is 5.94. The fraction of sp³-hybridized carbons (Fsp3) is 0.400. The standard InChI is InChI=1S/C15H18F3N5O2/c1-21(2)11-6-4-10(5-7-11)12(24)19-8-9-23-14(25)22(3)13(20-23)15(16,17)18/h4-7H,8-9H2,1-3H3,(H,19,24). The Balaban J connectivity index is 1.99. The van der Waals surface area contributed by atoms with E-state index in [1.165, 1.54) is 0 Å².